The van der Waals surface area contributed by atoms with Crippen LogP contribution in [0.1, 0.15) is 25.3 Å². The minimum absolute atomic E-state index is 0.0872. The van der Waals surface area contributed by atoms with Crippen molar-refractivity contribution in [2.45, 2.75) is 38.3 Å². The van der Waals surface area contributed by atoms with Crippen LogP contribution < -0.4 is 11.1 Å². The number of carbonyl (C=O) groups is 2. The van der Waals surface area contributed by atoms with Crippen LogP contribution >= 0.6 is 0 Å². The van der Waals surface area contributed by atoms with E-state index < -0.39 is 29.5 Å². The Kier molecular flexibility index (Phi) is 5.82. The van der Waals surface area contributed by atoms with E-state index in [1.807, 2.05) is 0 Å². The van der Waals surface area contributed by atoms with Crippen molar-refractivity contribution in [2.75, 3.05) is 13.1 Å². The molecule has 0 aromatic heterocycles. The molecular weight excluding hydrogens is 323 g/mol. The van der Waals surface area contributed by atoms with E-state index in [0.717, 1.165) is 6.07 Å². The van der Waals surface area contributed by atoms with Gasteiger partial charge in [-0.05, 0) is 31.4 Å². The predicted octanol–water partition coefficient (Wildman–Crippen LogP) is 1.10. The zero-order chi connectivity index (χ0) is 17.9. The van der Waals surface area contributed by atoms with E-state index in [9.17, 15) is 22.8 Å². The lowest BCUT2D eigenvalue weighted by Crippen LogP contribution is -2.46. The molecule has 5 nitrogen and oxygen atoms in total. The monoisotopic (exact) mass is 343 g/mol. The fourth-order valence-electron chi connectivity index (χ4n) is 2.70. The van der Waals surface area contributed by atoms with Gasteiger partial charge in [0.15, 0.2) is 11.6 Å². The quantitative estimate of drug-likeness (QED) is 0.804. The van der Waals surface area contributed by atoms with Crippen molar-refractivity contribution in [1.29, 1.82) is 0 Å². The SMILES string of the molecule is C[C@@H]1C(=O)NCCCN1C(=O)C[C@@H](N)Cc1cc(F)c(F)cc1F. The van der Waals surface area contributed by atoms with Gasteiger partial charge in [-0.25, -0.2) is 13.2 Å². The van der Waals surface area contributed by atoms with Crippen molar-refractivity contribution >= 4 is 11.8 Å². The van der Waals surface area contributed by atoms with E-state index in [2.05, 4.69) is 5.32 Å². The molecule has 0 radical (unpaired) electrons. The number of nitrogens with two attached hydrogens (primary N) is 1. The number of nitrogens with one attached hydrogen (secondary N) is 1. The Morgan fingerprint density at radius 2 is 2.00 bits per heavy atom. The predicted molar refractivity (Wildman–Crippen MR) is 81.4 cm³/mol. The Bertz CT molecular complexity index is 639. The second-order valence-electron chi connectivity index (χ2n) is 5.93. The molecule has 1 heterocycles. The standard InChI is InChI=1S/C16H20F3N3O2/c1-9-16(24)21-3-2-4-22(9)15(23)7-11(20)5-10-6-13(18)14(19)8-12(10)17/h6,8-9,11H,2-5,7,20H2,1H3,(H,21,24)/t9-,11+/m1/s1. The number of hydrogen-bond donors (Lipinski definition) is 2. The van der Waals surface area contributed by atoms with Crippen LogP contribution in [0.4, 0.5) is 13.2 Å². The molecule has 24 heavy (non-hydrogen) atoms. The number of halogens is 3. The van der Waals surface area contributed by atoms with Gasteiger partial charge in [0.25, 0.3) is 0 Å². The first-order valence-corrected chi connectivity index (χ1v) is 7.75. The smallest absolute Gasteiger partial charge is 0.242 e. The third kappa shape index (κ3) is 4.25. The lowest BCUT2D eigenvalue weighted by Gasteiger charge is -2.26. The molecule has 1 saturated heterocycles. The van der Waals surface area contributed by atoms with Crippen LogP contribution in [-0.4, -0.2) is 41.9 Å². The van der Waals surface area contributed by atoms with Gasteiger partial charge in [-0.2, -0.15) is 0 Å². The zero-order valence-corrected chi connectivity index (χ0v) is 13.3. The largest absolute Gasteiger partial charge is 0.354 e. The second-order valence-corrected chi connectivity index (χ2v) is 5.93. The molecule has 0 spiro atoms. The van der Waals surface area contributed by atoms with Crippen LogP contribution in [0, 0.1) is 17.5 Å². The van der Waals surface area contributed by atoms with Crippen LogP contribution in [0.3, 0.4) is 0 Å². The first kappa shape index (κ1) is 18.3. The fourth-order valence-corrected chi connectivity index (χ4v) is 2.70. The third-order valence-corrected chi connectivity index (χ3v) is 4.05. The fraction of sp³-hybridized carbons (Fsp3) is 0.500. The van der Waals surface area contributed by atoms with E-state index in [4.69, 9.17) is 5.73 Å². The van der Waals surface area contributed by atoms with Gasteiger partial charge < -0.3 is 16.0 Å². The van der Waals surface area contributed by atoms with Gasteiger partial charge in [-0.3, -0.25) is 9.59 Å². The van der Waals surface area contributed by atoms with Crippen molar-refractivity contribution < 1.29 is 22.8 Å². The van der Waals surface area contributed by atoms with E-state index in [-0.39, 0.29) is 30.2 Å². The highest BCUT2D eigenvalue weighted by atomic mass is 19.2. The molecule has 1 fully saturated rings. The summed E-state index contributed by atoms with van der Waals surface area (Å²) in [6.07, 6.45) is 0.411. The van der Waals surface area contributed by atoms with E-state index in [0.29, 0.717) is 25.6 Å². The molecule has 8 heteroatoms. The molecule has 0 aliphatic carbocycles. The van der Waals surface area contributed by atoms with Crippen LogP contribution in [-0.2, 0) is 16.0 Å². The molecule has 2 amide bonds. The molecule has 2 rings (SSSR count). The summed E-state index contributed by atoms with van der Waals surface area (Å²) < 4.78 is 39.8. The third-order valence-electron chi connectivity index (χ3n) is 4.05. The van der Waals surface area contributed by atoms with Crippen LogP contribution in [0.25, 0.3) is 0 Å². The molecule has 2 atom stereocenters. The van der Waals surface area contributed by atoms with Crippen molar-refractivity contribution in [3.8, 4) is 0 Å². The summed E-state index contributed by atoms with van der Waals surface area (Å²) >= 11 is 0. The minimum Gasteiger partial charge on any atom is -0.354 e. The Hall–Kier alpha value is -2.09. The Morgan fingerprint density at radius 3 is 2.71 bits per heavy atom. The lowest BCUT2D eigenvalue weighted by atomic mass is 10.0. The molecule has 132 valence electrons. The van der Waals surface area contributed by atoms with Crippen LogP contribution in [0.2, 0.25) is 0 Å². The van der Waals surface area contributed by atoms with Crippen LogP contribution in [0.5, 0.6) is 0 Å². The first-order valence-electron chi connectivity index (χ1n) is 7.75. The van der Waals surface area contributed by atoms with E-state index >= 15 is 0 Å². The zero-order valence-electron chi connectivity index (χ0n) is 13.3. The lowest BCUT2D eigenvalue weighted by molar-refractivity contribution is -0.139. The van der Waals surface area contributed by atoms with Gasteiger partial charge >= 0.3 is 0 Å². The highest BCUT2D eigenvalue weighted by Crippen LogP contribution is 2.16. The summed E-state index contributed by atoms with van der Waals surface area (Å²) in [6, 6.07) is -0.167. The van der Waals surface area contributed by atoms with Gasteiger partial charge in [-0.15, -0.1) is 0 Å². The Balaban J connectivity index is 2.01. The number of rotatable bonds is 4. The number of carbonyl (C=O) groups excluding carboxylic acids is 2. The van der Waals surface area contributed by atoms with Crippen molar-refractivity contribution in [1.82, 2.24) is 10.2 Å². The number of amides is 2. The summed E-state index contributed by atoms with van der Waals surface area (Å²) in [5, 5.41) is 2.70. The highest BCUT2D eigenvalue weighted by Gasteiger charge is 2.28. The van der Waals surface area contributed by atoms with Crippen molar-refractivity contribution in [3.63, 3.8) is 0 Å². The van der Waals surface area contributed by atoms with Gasteiger partial charge in [0.2, 0.25) is 11.8 Å². The molecule has 1 aliphatic heterocycles. The summed E-state index contributed by atoms with van der Waals surface area (Å²) in [5.41, 5.74) is 5.77. The average Bonchev–Trinajstić information content (AvgIpc) is 2.67. The molecule has 3 N–H and O–H groups in total. The second kappa shape index (κ2) is 7.65. The summed E-state index contributed by atoms with van der Waals surface area (Å²) in [4.78, 5) is 25.5. The molecule has 1 aliphatic rings. The van der Waals surface area contributed by atoms with E-state index in [1.165, 1.54) is 4.90 Å². The van der Waals surface area contributed by atoms with Gasteiger partial charge in [0.05, 0.1) is 0 Å². The Morgan fingerprint density at radius 1 is 1.33 bits per heavy atom. The highest BCUT2D eigenvalue weighted by molar-refractivity contribution is 5.87. The van der Waals surface area contributed by atoms with Gasteiger partial charge in [-0.1, -0.05) is 0 Å². The molecular formula is C16H20F3N3O2. The van der Waals surface area contributed by atoms with Crippen molar-refractivity contribution in [3.05, 3.63) is 35.1 Å². The maximum absolute atomic E-state index is 13.6. The number of benzene rings is 1. The van der Waals surface area contributed by atoms with Crippen molar-refractivity contribution in [2.24, 2.45) is 5.73 Å². The normalized spacial score (nSPS) is 19.6. The molecule has 0 saturated carbocycles. The van der Waals surface area contributed by atoms with Gasteiger partial charge in [0.1, 0.15) is 11.9 Å². The Labute approximate surface area is 138 Å². The minimum atomic E-state index is -1.27. The maximum Gasteiger partial charge on any atom is 0.242 e. The molecule has 1 aromatic rings. The molecule has 0 unspecified atom stereocenters. The first-order chi connectivity index (χ1) is 11.3. The molecule has 1 aromatic carbocycles. The maximum atomic E-state index is 13.6. The van der Waals surface area contributed by atoms with Crippen LogP contribution in [0.15, 0.2) is 12.1 Å². The topological polar surface area (TPSA) is 75.4 Å². The number of nitrogens with zero attached hydrogens (tertiary/aromatic N) is 1. The summed E-state index contributed by atoms with van der Waals surface area (Å²) in [6.45, 7) is 2.54. The summed E-state index contributed by atoms with van der Waals surface area (Å²) in [7, 11) is 0. The summed E-state index contributed by atoms with van der Waals surface area (Å²) in [5.74, 6) is -3.90. The average molecular weight is 343 g/mol. The van der Waals surface area contributed by atoms with Gasteiger partial charge in [0, 0.05) is 31.6 Å². The molecule has 0 bridgehead atoms. The van der Waals surface area contributed by atoms with E-state index in [1.54, 1.807) is 6.92 Å². The number of hydrogen-bond acceptors (Lipinski definition) is 3.